The number of hydrogen-bond acceptors (Lipinski definition) is 2. The summed E-state index contributed by atoms with van der Waals surface area (Å²) in [6.07, 6.45) is 0. The highest BCUT2D eigenvalue weighted by Gasteiger charge is 1.92. The van der Waals surface area contributed by atoms with Gasteiger partial charge < -0.3 is 10.7 Å². The van der Waals surface area contributed by atoms with Gasteiger partial charge in [0, 0.05) is 12.2 Å². The molecule has 1 aromatic heterocycles. The highest BCUT2D eigenvalue weighted by atomic mass is 32.1. The maximum Gasteiger partial charge on any atom is 0.103 e. The first kappa shape index (κ1) is 7.44. The van der Waals surface area contributed by atoms with Gasteiger partial charge in [-0.1, -0.05) is 18.3 Å². The lowest BCUT2D eigenvalue weighted by Crippen LogP contribution is -2.00. The fraction of sp³-hybridized carbons (Fsp3) is 0.286. The van der Waals surface area contributed by atoms with Gasteiger partial charge in [0.25, 0.3) is 0 Å². The van der Waals surface area contributed by atoms with Crippen molar-refractivity contribution in [1.82, 2.24) is 4.98 Å². The minimum absolute atomic E-state index is 0.567. The average molecular weight is 154 g/mol. The molecule has 0 aliphatic heterocycles. The van der Waals surface area contributed by atoms with Crippen molar-refractivity contribution in [1.29, 1.82) is 0 Å². The Morgan fingerprint density at radius 2 is 2.30 bits per heavy atom. The topological polar surface area (TPSA) is 41.8 Å². The molecule has 10 heavy (non-hydrogen) atoms. The minimum Gasteiger partial charge on any atom is -0.350 e. The Morgan fingerprint density at radius 1 is 1.60 bits per heavy atom. The lowest BCUT2D eigenvalue weighted by molar-refractivity contribution is 1.00. The van der Waals surface area contributed by atoms with Crippen LogP contribution >= 0.6 is 12.2 Å². The van der Waals surface area contributed by atoms with E-state index in [0.717, 1.165) is 15.9 Å². The molecule has 1 heterocycles. The third kappa shape index (κ3) is 1.43. The highest BCUT2D eigenvalue weighted by molar-refractivity contribution is 7.71. The molecule has 0 aliphatic rings. The molecule has 0 atom stereocenters. The van der Waals surface area contributed by atoms with Gasteiger partial charge in [-0.05, 0) is 18.6 Å². The van der Waals surface area contributed by atoms with Gasteiger partial charge in [0.05, 0.1) is 0 Å². The summed E-state index contributed by atoms with van der Waals surface area (Å²) in [4.78, 5) is 3.02. The van der Waals surface area contributed by atoms with Crippen LogP contribution in [0.4, 0.5) is 0 Å². The zero-order valence-corrected chi connectivity index (χ0v) is 6.66. The molecule has 3 N–H and O–H groups in total. The lowest BCUT2D eigenvalue weighted by atomic mass is 10.2. The zero-order chi connectivity index (χ0) is 7.56. The molecule has 0 fully saturated rings. The van der Waals surface area contributed by atoms with Crippen LogP contribution in [0.2, 0.25) is 0 Å². The number of nitrogens with one attached hydrogen (secondary N) is 1. The van der Waals surface area contributed by atoms with Crippen LogP contribution in [-0.2, 0) is 6.54 Å². The Kier molecular flexibility index (Phi) is 2.19. The van der Waals surface area contributed by atoms with Crippen LogP contribution in [0, 0.1) is 11.6 Å². The third-order valence-corrected chi connectivity index (χ3v) is 1.69. The van der Waals surface area contributed by atoms with Crippen molar-refractivity contribution in [3.05, 3.63) is 28.0 Å². The number of nitrogens with two attached hydrogens (primary N) is 1. The van der Waals surface area contributed by atoms with E-state index in [-0.39, 0.29) is 0 Å². The van der Waals surface area contributed by atoms with Crippen molar-refractivity contribution >= 4 is 12.2 Å². The maximum absolute atomic E-state index is 5.45. The van der Waals surface area contributed by atoms with Crippen molar-refractivity contribution in [3.63, 3.8) is 0 Å². The molecule has 0 radical (unpaired) electrons. The molecule has 1 rings (SSSR count). The standard InChI is InChI=1S/C7H10N2S/c1-5-6(4-8)2-3-7(10)9-5/h2-3H,4,8H2,1H3,(H,9,10). The molecule has 2 nitrogen and oxygen atoms in total. The molecule has 0 amide bonds. The summed E-state index contributed by atoms with van der Waals surface area (Å²) < 4.78 is 0.759. The number of H-pyrrole nitrogens is 1. The summed E-state index contributed by atoms with van der Waals surface area (Å²) >= 11 is 4.91. The summed E-state index contributed by atoms with van der Waals surface area (Å²) in [6.45, 7) is 2.54. The van der Waals surface area contributed by atoms with Gasteiger partial charge in [-0.3, -0.25) is 0 Å². The van der Waals surface area contributed by atoms with Gasteiger partial charge in [0.1, 0.15) is 4.64 Å². The van der Waals surface area contributed by atoms with Gasteiger partial charge in [-0.15, -0.1) is 0 Å². The Hall–Kier alpha value is -0.670. The summed E-state index contributed by atoms with van der Waals surface area (Å²) in [7, 11) is 0. The van der Waals surface area contributed by atoms with E-state index in [1.165, 1.54) is 0 Å². The van der Waals surface area contributed by atoms with Crippen molar-refractivity contribution in [2.75, 3.05) is 0 Å². The van der Waals surface area contributed by atoms with E-state index in [1.807, 2.05) is 19.1 Å². The first-order valence-electron chi connectivity index (χ1n) is 3.13. The van der Waals surface area contributed by atoms with E-state index in [9.17, 15) is 0 Å². The summed E-state index contributed by atoms with van der Waals surface area (Å²) in [5, 5.41) is 0. The molecule has 54 valence electrons. The molecule has 0 saturated heterocycles. The SMILES string of the molecule is Cc1[nH]c(=S)ccc1CN. The highest BCUT2D eigenvalue weighted by Crippen LogP contribution is 2.02. The Labute approximate surface area is 65.1 Å². The van der Waals surface area contributed by atoms with Gasteiger partial charge in [-0.25, -0.2) is 0 Å². The number of aromatic amines is 1. The normalized spacial score (nSPS) is 9.80. The van der Waals surface area contributed by atoms with Crippen molar-refractivity contribution in [3.8, 4) is 0 Å². The smallest absolute Gasteiger partial charge is 0.103 e. The summed E-state index contributed by atoms with van der Waals surface area (Å²) in [6, 6.07) is 3.80. The van der Waals surface area contributed by atoms with E-state index in [2.05, 4.69) is 4.98 Å². The molecule has 0 unspecified atom stereocenters. The number of hydrogen-bond donors (Lipinski definition) is 2. The maximum atomic E-state index is 5.45. The number of aryl methyl sites for hydroxylation is 1. The van der Waals surface area contributed by atoms with Crippen molar-refractivity contribution < 1.29 is 0 Å². The molecule has 0 spiro atoms. The molecule has 0 aliphatic carbocycles. The van der Waals surface area contributed by atoms with Gasteiger partial charge in [-0.2, -0.15) is 0 Å². The van der Waals surface area contributed by atoms with Crippen molar-refractivity contribution in [2.24, 2.45) is 5.73 Å². The van der Waals surface area contributed by atoms with Crippen molar-refractivity contribution in [2.45, 2.75) is 13.5 Å². The van der Waals surface area contributed by atoms with Gasteiger partial charge in [0.2, 0.25) is 0 Å². The van der Waals surface area contributed by atoms with E-state index in [1.54, 1.807) is 0 Å². The van der Waals surface area contributed by atoms with E-state index < -0.39 is 0 Å². The second-order valence-corrected chi connectivity index (χ2v) is 2.62. The van der Waals surface area contributed by atoms with Gasteiger partial charge >= 0.3 is 0 Å². The number of pyridine rings is 1. The average Bonchev–Trinajstić information content (AvgIpc) is 1.88. The van der Waals surface area contributed by atoms with E-state index in [4.69, 9.17) is 18.0 Å². The monoisotopic (exact) mass is 154 g/mol. The summed E-state index contributed by atoms with van der Waals surface area (Å²) in [5.74, 6) is 0. The van der Waals surface area contributed by atoms with Crippen LogP contribution in [0.25, 0.3) is 0 Å². The summed E-state index contributed by atoms with van der Waals surface area (Å²) in [5.41, 5.74) is 7.63. The Balaban J connectivity index is 3.19. The fourth-order valence-electron chi connectivity index (χ4n) is 0.829. The third-order valence-electron chi connectivity index (χ3n) is 1.45. The van der Waals surface area contributed by atoms with Crippen LogP contribution in [-0.4, -0.2) is 4.98 Å². The lowest BCUT2D eigenvalue weighted by Gasteiger charge is -1.99. The minimum atomic E-state index is 0.567. The second-order valence-electron chi connectivity index (χ2n) is 2.18. The molecule has 1 aromatic rings. The Bertz CT molecular complexity index is 277. The zero-order valence-electron chi connectivity index (χ0n) is 5.85. The van der Waals surface area contributed by atoms with E-state index >= 15 is 0 Å². The Morgan fingerprint density at radius 3 is 2.80 bits per heavy atom. The quantitative estimate of drug-likeness (QED) is 0.602. The second kappa shape index (κ2) is 2.94. The van der Waals surface area contributed by atoms with Crippen LogP contribution in [0.1, 0.15) is 11.3 Å². The van der Waals surface area contributed by atoms with Crippen LogP contribution in [0.15, 0.2) is 12.1 Å². The van der Waals surface area contributed by atoms with Crippen LogP contribution in [0.5, 0.6) is 0 Å². The van der Waals surface area contributed by atoms with Gasteiger partial charge in [0.15, 0.2) is 0 Å². The van der Waals surface area contributed by atoms with E-state index in [0.29, 0.717) is 6.54 Å². The molecule has 3 heteroatoms. The molecular weight excluding hydrogens is 144 g/mol. The molecular formula is C7H10N2S. The molecule has 0 aromatic carbocycles. The molecule has 0 bridgehead atoms. The first-order valence-corrected chi connectivity index (χ1v) is 3.53. The predicted octanol–water partition coefficient (Wildman–Crippen LogP) is 1.51. The van der Waals surface area contributed by atoms with Crippen LogP contribution < -0.4 is 5.73 Å². The number of rotatable bonds is 1. The largest absolute Gasteiger partial charge is 0.350 e. The fourth-order valence-corrected chi connectivity index (χ4v) is 1.05. The first-order chi connectivity index (χ1) is 4.74. The van der Waals surface area contributed by atoms with Crippen LogP contribution in [0.3, 0.4) is 0 Å². The molecule has 0 saturated carbocycles. The number of aromatic nitrogens is 1. The predicted molar refractivity (Wildman–Crippen MR) is 44.3 cm³/mol.